The molecule has 25 nitrogen and oxygen atoms in total. The number of aliphatic hydroxyl groups is 3. The Labute approximate surface area is 615 Å². The number of carboxylic acids is 1. The highest BCUT2D eigenvalue weighted by atomic mass is 35.5. The number of carbonyl (C=O) groups is 13. The number of rotatable bonds is 60. The molecule has 0 bridgehead atoms. The Morgan fingerprint density at radius 3 is 0.824 bits per heavy atom. The molecule has 1 fully saturated rings. The van der Waals surface area contributed by atoms with Crippen molar-refractivity contribution < 1.29 is 121 Å². The molecule has 0 aliphatic carbocycles. The number of aliphatic carboxylic acids is 1. The summed E-state index contributed by atoms with van der Waals surface area (Å²) in [7, 11) is 0. The molecular weight excluding hydrogens is 1350 g/mol. The number of Topliss-reactive ketones (excluding diaryl/α,β-unsaturated/α-hetero) is 2. The van der Waals surface area contributed by atoms with Gasteiger partial charge in [0.1, 0.15) is 45.7 Å². The number of unbranched alkanes of at least 4 members (excludes halogenated alkanes) is 28. The average molecular weight is 1480 g/mol. The number of carboxylic acid groups (broad SMARTS) is 1. The van der Waals surface area contributed by atoms with Crippen molar-refractivity contribution >= 4 is 88.1 Å². The van der Waals surface area contributed by atoms with Crippen LogP contribution < -0.4 is 0 Å². The summed E-state index contributed by atoms with van der Waals surface area (Å²) < 4.78 is 39.3. The van der Waals surface area contributed by atoms with Gasteiger partial charge in [-0.15, -0.1) is 0 Å². The molecule has 0 spiro atoms. The Morgan fingerprint density at radius 2 is 0.598 bits per heavy atom. The van der Waals surface area contributed by atoms with E-state index >= 15 is 0 Å². The van der Waals surface area contributed by atoms with Crippen molar-refractivity contribution in [3.63, 3.8) is 0 Å². The molecule has 1 heterocycles. The third kappa shape index (κ3) is 90.2. The Morgan fingerprint density at radius 1 is 0.343 bits per heavy atom. The molecule has 1 aliphatic heterocycles. The van der Waals surface area contributed by atoms with E-state index in [9.17, 15) is 67.4 Å². The molecule has 26 heteroatoms. The van der Waals surface area contributed by atoms with Crippen LogP contribution in [0.1, 0.15) is 344 Å². The van der Waals surface area contributed by atoms with Crippen LogP contribution in [0.4, 0.5) is 0 Å². The molecule has 0 aromatic carbocycles. The lowest BCUT2D eigenvalue weighted by atomic mass is 10.1. The molecule has 1 rings (SSSR count). The number of esters is 9. The molecule has 0 saturated carbocycles. The van der Waals surface area contributed by atoms with Gasteiger partial charge in [-0.25, -0.2) is 0 Å². The van der Waals surface area contributed by atoms with Gasteiger partial charge in [-0.2, -0.15) is 0 Å². The van der Waals surface area contributed by atoms with E-state index in [1.165, 1.54) is 57.8 Å². The van der Waals surface area contributed by atoms with Crippen molar-refractivity contribution in [2.24, 2.45) is 0 Å². The minimum Gasteiger partial charge on any atom is -0.481 e. The molecule has 0 amide bonds. The first-order chi connectivity index (χ1) is 48.9. The Bertz CT molecular complexity index is 2030. The number of cyclic esters (lactones) is 2. The standard InChI is InChI=1S/C23H40O8.C19H36O5.C19H34O5.C8H15ClO.C4H4O3.C3H6O3/c1-3-5-7-9-11-13-21(26)29-17-19(31-23(28)16-15-20(24)25)18-30-22(27)14-12-10-8-6-4-2;2*1-3-5-7-9-11-13-18(21)23-15-17(20)16-24-19(22)14-12-10-8-6-4-2;1-2-3-4-5-6-7-8(9)10;5-3-1-2-4(6)7-3;4-1-3(6)2-5/h19H,3-18H2,1-2H3,(H,24,25);17,20H,3-16H2,1-2H3;3-16H2,1-2H3;2-7H2,1H3;1-2H2;4-5H,1-2H2. The van der Waals surface area contributed by atoms with Gasteiger partial charge in [-0.1, -0.05) is 228 Å². The molecule has 0 aromatic rings. The fourth-order valence-corrected chi connectivity index (χ4v) is 8.89. The first-order valence-electron chi connectivity index (χ1n) is 38.1. The predicted molar refractivity (Wildman–Crippen MR) is 388 cm³/mol. The van der Waals surface area contributed by atoms with Gasteiger partial charge in [0.15, 0.2) is 25.1 Å². The quantitative estimate of drug-likeness (QED) is 0.0144. The van der Waals surface area contributed by atoms with E-state index in [0.717, 1.165) is 167 Å². The van der Waals surface area contributed by atoms with E-state index in [-0.39, 0.29) is 113 Å². The highest BCUT2D eigenvalue weighted by molar-refractivity contribution is 6.63. The van der Waals surface area contributed by atoms with Crippen LogP contribution in [-0.2, 0) is 100 Å². The van der Waals surface area contributed by atoms with Crippen molar-refractivity contribution in [2.75, 3.05) is 52.9 Å². The van der Waals surface area contributed by atoms with Gasteiger partial charge in [0.2, 0.25) is 11.0 Å². The van der Waals surface area contributed by atoms with Gasteiger partial charge in [-0.3, -0.25) is 62.3 Å². The SMILES string of the molecule is CCCCCCCC(=O)Cl.CCCCCCCC(=O)OCC(=O)COC(=O)CCCCCCC.CCCCCCCC(=O)OCC(COC(=O)CCCCCCC)OC(=O)CCC(=O)O.CCCCCCCC(=O)OCC(O)COC(=O)CCCCCCC.O=C(CO)CO.O=C1CCC(=O)O1. The van der Waals surface area contributed by atoms with Crippen molar-refractivity contribution in [3.8, 4) is 0 Å². The molecule has 1 saturated heterocycles. The normalized spacial score (nSPS) is 11.1. The van der Waals surface area contributed by atoms with E-state index in [1.54, 1.807) is 0 Å². The van der Waals surface area contributed by atoms with Crippen LogP contribution in [0, 0.1) is 0 Å². The second-order valence-corrected chi connectivity index (χ2v) is 25.4. The van der Waals surface area contributed by atoms with Crippen LogP contribution in [-0.4, -0.2) is 162 Å². The Balaban J connectivity index is -0.000000400. The molecule has 0 radical (unpaired) electrons. The molecule has 4 N–H and O–H groups in total. The van der Waals surface area contributed by atoms with Crippen LogP contribution in [0.15, 0.2) is 0 Å². The number of carbonyl (C=O) groups excluding carboxylic acids is 12. The Kier molecular flexibility index (Phi) is 84.6. The zero-order valence-electron chi connectivity index (χ0n) is 63.6. The highest BCUT2D eigenvalue weighted by Gasteiger charge is 2.22. The van der Waals surface area contributed by atoms with Crippen molar-refractivity contribution in [2.45, 2.75) is 356 Å². The predicted octanol–water partition coefficient (Wildman–Crippen LogP) is 14.6. The Hall–Kier alpha value is -5.92. The monoisotopic (exact) mass is 1480 g/mol. The van der Waals surface area contributed by atoms with E-state index in [2.05, 4.69) is 53.2 Å². The number of hydrogen-bond acceptors (Lipinski definition) is 24. The molecule has 0 aromatic heterocycles. The summed E-state index contributed by atoms with van der Waals surface area (Å²) in [5.41, 5.74) is 0. The lowest BCUT2D eigenvalue weighted by Crippen LogP contribution is -2.31. The zero-order chi connectivity index (χ0) is 77.5. The second kappa shape index (κ2) is 82.4. The molecule has 0 atom stereocenters. The van der Waals surface area contributed by atoms with Gasteiger partial charge >= 0.3 is 59.7 Å². The van der Waals surface area contributed by atoms with E-state index in [4.69, 9.17) is 60.1 Å². The molecular formula is C76H135ClO25. The highest BCUT2D eigenvalue weighted by Crippen LogP contribution is 2.13. The largest absolute Gasteiger partial charge is 0.481 e. The molecule has 1 aliphatic rings. The van der Waals surface area contributed by atoms with E-state index in [0.29, 0.717) is 32.1 Å². The number of ketones is 2. The minimum atomic E-state index is -1.11. The van der Waals surface area contributed by atoms with Gasteiger partial charge in [-0.05, 0) is 56.5 Å². The maximum Gasteiger partial charge on any atom is 0.314 e. The number of halogens is 1. The van der Waals surface area contributed by atoms with Gasteiger partial charge in [0.25, 0.3) is 0 Å². The maximum absolute atomic E-state index is 11.9. The third-order valence-corrected chi connectivity index (χ3v) is 15.0. The summed E-state index contributed by atoms with van der Waals surface area (Å²) in [6.45, 7) is 12.6. The lowest BCUT2D eigenvalue weighted by molar-refractivity contribution is -0.167. The van der Waals surface area contributed by atoms with E-state index < -0.39 is 67.0 Å². The number of ether oxygens (including phenoxy) is 8. The topological polar surface area (TPSA) is 377 Å². The van der Waals surface area contributed by atoms with E-state index in [1.807, 2.05) is 0 Å². The first kappa shape index (κ1) is 105. The van der Waals surface area contributed by atoms with Gasteiger partial charge in [0, 0.05) is 44.9 Å². The summed E-state index contributed by atoms with van der Waals surface area (Å²) in [6, 6.07) is 0. The van der Waals surface area contributed by atoms with Crippen LogP contribution in [0.5, 0.6) is 0 Å². The van der Waals surface area contributed by atoms with Crippen molar-refractivity contribution in [1.82, 2.24) is 0 Å². The second-order valence-electron chi connectivity index (χ2n) is 25.0. The summed E-state index contributed by atoms with van der Waals surface area (Å²) in [5, 5.41) is 33.8. The summed E-state index contributed by atoms with van der Waals surface area (Å²) in [6.07, 6.45) is 37.6. The maximum atomic E-state index is 11.9. The summed E-state index contributed by atoms with van der Waals surface area (Å²) in [4.78, 5) is 144. The smallest absolute Gasteiger partial charge is 0.314 e. The average Bonchev–Trinajstić information content (AvgIpc) is 1.38. The minimum absolute atomic E-state index is 0.114. The molecule has 596 valence electrons. The van der Waals surface area contributed by atoms with Crippen LogP contribution in [0.25, 0.3) is 0 Å². The third-order valence-electron chi connectivity index (χ3n) is 14.9. The van der Waals surface area contributed by atoms with Gasteiger partial charge < -0.3 is 58.3 Å². The molecule has 102 heavy (non-hydrogen) atoms. The van der Waals surface area contributed by atoms with Crippen LogP contribution in [0.2, 0.25) is 0 Å². The van der Waals surface area contributed by atoms with Crippen molar-refractivity contribution in [1.29, 1.82) is 0 Å². The fraction of sp³-hybridized carbons (Fsp3) is 0.829. The van der Waals surface area contributed by atoms with Crippen LogP contribution >= 0.6 is 11.6 Å². The zero-order valence-corrected chi connectivity index (χ0v) is 64.3. The first-order valence-corrected chi connectivity index (χ1v) is 38.5. The van der Waals surface area contributed by atoms with Crippen molar-refractivity contribution in [3.05, 3.63) is 0 Å². The van der Waals surface area contributed by atoms with Crippen LogP contribution in [0.3, 0.4) is 0 Å². The van der Waals surface area contributed by atoms with Gasteiger partial charge in [0.05, 0.1) is 25.7 Å². The lowest BCUT2D eigenvalue weighted by Gasteiger charge is -2.18. The summed E-state index contributed by atoms with van der Waals surface area (Å²) >= 11 is 5.15. The fourth-order valence-electron chi connectivity index (χ4n) is 8.75. The number of hydrogen-bond donors (Lipinski definition) is 4. The summed E-state index contributed by atoms with van der Waals surface area (Å²) in [5.74, 6) is -5.68. The molecule has 0 unspecified atom stereocenters. The number of aliphatic hydroxyl groups excluding tert-OH is 3.